The molecule has 16 aromatic rings. The van der Waals surface area contributed by atoms with Crippen LogP contribution in [0.25, 0.3) is 128 Å². The summed E-state index contributed by atoms with van der Waals surface area (Å²) in [5.74, 6) is 4.76. The van der Waals surface area contributed by atoms with Crippen molar-refractivity contribution in [3.8, 4) is 93.3 Å². The number of carboxylic acid groups (broad SMARTS) is 1. The molecule has 0 amide bonds. The van der Waals surface area contributed by atoms with Crippen LogP contribution in [0.15, 0.2) is 148 Å². The number of anilines is 4. The number of carbonyl (C=O) groups is 2. The third-order valence-electron chi connectivity index (χ3n) is 20.5. The lowest BCUT2D eigenvalue weighted by Crippen LogP contribution is -2.09. The van der Waals surface area contributed by atoms with Gasteiger partial charge in [0.15, 0.2) is 12.4 Å². The summed E-state index contributed by atoms with van der Waals surface area (Å²) in [4.78, 5) is 72.6. The molecule has 0 radical (unpaired) electrons. The van der Waals surface area contributed by atoms with Gasteiger partial charge in [-0.25, -0.2) is 54.6 Å². The number of nitrogens with zero attached hydrogens (tertiary/aromatic N) is 12. The lowest BCUT2D eigenvalue weighted by molar-refractivity contribution is -0.139. The second-order valence-electron chi connectivity index (χ2n) is 29.7. The molecule has 10 N–H and O–H groups in total. The van der Waals surface area contributed by atoms with Gasteiger partial charge in [-0.05, 0) is 110 Å². The number of benzene rings is 2. The number of carboxylic acids is 1. The summed E-state index contributed by atoms with van der Waals surface area (Å²) < 4.78 is 63.9. The van der Waals surface area contributed by atoms with Crippen molar-refractivity contribution < 1.29 is 41.4 Å². The van der Waals surface area contributed by atoms with Gasteiger partial charge in [0.1, 0.15) is 96.4 Å². The van der Waals surface area contributed by atoms with Crippen molar-refractivity contribution in [2.45, 2.75) is 177 Å². The average Bonchev–Trinajstić information content (AvgIpc) is 1.61. The summed E-state index contributed by atoms with van der Waals surface area (Å²) in [5, 5.41) is 32.1. The molecule has 0 aliphatic heterocycles. The maximum atomic E-state index is 12.9. The summed E-state index contributed by atoms with van der Waals surface area (Å²) in [6.07, 6.45) is 21.4. The van der Waals surface area contributed by atoms with E-state index in [4.69, 9.17) is 62.8 Å². The molecule has 17 rings (SSSR count). The van der Waals surface area contributed by atoms with Gasteiger partial charge in [-0.1, -0.05) is 127 Å². The van der Waals surface area contributed by atoms with Crippen molar-refractivity contribution >= 4 is 209 Å². The molecule has 4 unspecified atom stereocenters. The Kier molecular flexibility index (Phi) is 36.7. The second kappa shape index (κ2) is 46.6. The van der Waals surface area contributed by atoms with E-state index < -0.39 is 55.8 Å². The molecule has 1 saturated carbocycles. The van der Waals surface area contributed by atoms with E-state index in [9.17, 15) is 26.4 Å². The largest absolute Gasteiger partial charge is 0.482 e. The highest BCUT2D eigenvalue weighted by Crippen LogP contribution is 2.50. The fraction of sp³-hybridized carbons (Fsp3) is 0.348. The number of fused-ring (bicyclic) bond motifs is 4. The second-order valence-corrected chi connectivity index (χ2v) is 44.3. The number of pyridine rings is 4. The first kappa shape index (κ1) is 102. The number of aromatic nitrogens is 12. The number of nitrogens with two attached hydrogens (primary N) is 4. The number of rotatable bonds is 33. The number of thiophene rings is 4. The molecule has 14 heterocycles. The van der Waals surface area contributed by atoms with E-state index in [1.165, 1.54) is 80.9 Å². The lowest BCUT2D eigenvalue weighted by Gasteiger charge is -2.11. The van der Waals surface area contributed by atoms with Crippen molar-refractivity contribution in [1.82, 2.24) is 59.0 Å². The fourth-order valence-corrected chi connectivity index (χ4v) is 27.5. The number of carbonyl (C=O) groups excluding carboxylic acids is 1. The molecule has 25 nitrogen and oxygen atoms in total. The maximum absolute atomic E-state index is 12.9. The Bertz CT molecular complexity index is 6410. The van der Waals surface area contributed by atoms with E-state index in [1.807, 2.05) is 89.5 Å². The third kappa shape index (κ3) is 23.0. The molecule has 1 aliphatic rings. The lowest BCUT2D eigenvalue weighted by atomic mass is 9.97. The molecule has 4 atom stereocenters. The van der Waals surface area contributed by atoms with Crippen LogP contribution in [0.1, 0.15) is 182 Å². The van der Waals surface area contributed by atoms with Crippen molar-refractivity contribution in [2.75, 3.05) is 59.2 Å². The molecule has 37 heteroatoms. The van der Waals surface area contributed by atoms with Crippen LogP contribution in [0.5, 0.6) is 5.75 Å². The number of hydrogen-bond donors (Lipinski definition) is 6. The molecule has 1 aliphatic carbocycles. The van der Waals surface area contributed by atoms with Crippen LogP contribution in [0.3, 0.4) is 0 Å². The monoisotopic (exact) mass is 1970 g/mol. The van der Waals surface area contributed by atoms with Gasteiger partial charge in [0.25, 0.3) is 0 Å². The van der Waals surface area contributed by atoms with E-state index in [0.29, 0.717) is 88.6 Å². The minimum atomic E-state index is -1.19. The van der Waals surface area contributed by atoms with Crippen LogP contribution < -0.4 is 27.7 Å². The highest BCUT2D eigenvalue weighted by molar-refractivity contribution is 7.88. The number of Topliss-reactive ketones (excluding diaryl/α,β-unsaturated/α-hetero) is 1. The molecule has 684 valence electrons. The quantitative estimate of drug-likeness (QED) is 0.0208. The molecule has 129 heavy (non-hydrogen) atoms. The molecule has 14 aromatic heterocycles. The van der Waals surface area contributed by atoms with Crippen LogP contribution in [-0.4, -0.2) is 134 Å². The zero-order chi connectivity index (χ0) is 88.3. The molecular weight excluding hydrogens is 1860 g/mol. The topological polar surface area (TPSA) is 395 Å². The number of aliphatic carboxylic acids is 1. The number of hydrogen-bond acceptors (Lipinski definition) is 30. The van der Waals surface area contributed by atoms with Crippen molar-refractivity contribution in [2.24, 2.45) is 14.1 Å². The van der Waals surface area contributed by atoms with Gasteiger partial charge in [0, 0.05) is 147 Å². The first-order valence-electron chi connectivity index (χ1n) is 40.8. The van der Waals surface area contributed by atoms with Gasteiger partial charge in [-0.3, -0.25) is 21.6 Å². The zero-order valence-corrected chi connectivity index (χ0v) is 79.7. The predicted octanol–water partition coefficient (Wildman–Crippen LogP) is 23.7. The minimum Gasteiger partial charge on any atom is -0.482 e. The number of ether oxygens (including phenoxy) is 1. The summed E-state index contributed by atoms with van der Waals surface area (Å²) in [6, 6.07) is 22.5. The Morgan fingerprint density at radius 1 is 0.481 bits per heavy atom. The SMILES string of the molecule is C.C.C.C.CCCCS(=O)c1sc2nc(-c3nccs3)cc(-c3ccc(OCC(=O)O)cc3)c2c1N.CCCCS(=O)c1sc2nc(-c3nccs3)cc(-c3cccc(C(=O)CCCO)c3)c2c1N.CCCCS(=O)c1sc2nc(-c3nccs3)cc(-c3cnc(C(C)C)n3C)c2c1N.CCCCS(=O)c1sc2nc(-c3nccs3)cc(-c3cnc(C4CC4)n3C)c2c1N. The van der Waals surface area contributed by atoms with E-state index in [1.54, 1.807) is 65.7 Å². The van der Waals surface area contributed by atoms with Crippen molar-refractivity contribution in [3.63, 3.8) is 0 Å². The Morgan fingerprint density at radius 3 is 1.19 bits per heavy atom. The van der Waals surface area contributed by atoms with Crippen molar-refractivity contribution in [1.29, 1.82) is 0 Å². The molecule has 0 spiro atoms. The first-order chi connectivity index (χ1) is 60.5. The molecular formula is C92H110N16O9S12. The van der Waals surface area contributed by atoms with Gasteiger partial charge >= 0.3 is 5.97 Å². The van der Waals surface area contributed by atoms with E-state index in [2.05, 4.69) is 88.7 Å². The third-order valence-corrected chi connectivity index (χ3v) is 35.6. The maximum Gasteiger partial charge on any atom is 0.341 e. The number of unbranched alkanes of at least 4 members (excludes halogenated alkanes) is 4. The number of thiazole rings is 4. The van der Waals surface area contributed by atoms with Crippen LogP contribution >= 0.6 is 90.7 Å². The van der Waals surface area contributed by atoms with E-state index in [0.717, 1.165) is 195 Å². The minimum absolute atomic E-state index is 0. The van der Waals surface area contributed by atoms with Gasteiger partial charge < -0.3 is 47.0 Å². The predicted molar refractivity (Wildman–Crippen MR) is 547 cm³/mol. The van der Waals surface area contributed by atoms with E-state index in [-0.39, 0.29) is 48.5 Å². The molecule has 2 aromatic carbocycles. The molecule has 1 fully saturated rings. The summed E-state index contributed by atoms with van der Waals surface area (Å²) >= 11 is 11.7. The molecule has 0 saturated heterocycles. The summed E-state index contributed by atoms with van der Waals surface area (Å²) in [5.41, 5.74) is 39.3. The van der Waals surface area contributed by atoms with Crippen LogP contribution in [0.4, 0.5) is 22.7 Å². The smallest absolute Gasteiger partial charge is 0.341 e. The first-order valence-corrected chi connectivity index (χ1v) is 52.9. The Hall–Kier alpha value is -9.48. The van der Waals surface area contributed by atoms with Gasteiger partial charge in [0.05, 0.1) is 89.7 Å². The Morgan fingerprint density at radius 2 is 0.845 bits per heavy atom. The summed E-state index contributed by atoms with van der Waals surface area (Å²) in [6.45, 7) is 12.2. The zero-order valence-electron chi connectivity index (χ0n) is 69.9. The summed E-state index contributed by atoms with van der Waals surface area (Å²) in [7, 11) is -0.522. The number of nitrogen functional groups attached to an aromatic ring is 4. The normalized spacial score (nSPS) is 12.7. The van der Waals surface area contributed by atoms with Crippen LogP contribution in [-0.2, 0) is 62.1 Å². The van der Waals surface area contributed by atoms with E-state index >= 15 is 0 Å². The average molecular weight is 1970 g/mol. The van der Waals surface area contributed by atoms with Crippen LogP contribution in [0.2, 0.25) is 0 Å². The van der Waals surface area contributed by atoms with Gasteiger partial charge in [0.2, 0.25) is 0 Å². The Labute approximate surface area is 794 Å². The van der Waals surface area contributed by atoms with Gasteiger partial charge in [-0.2, -0.15) is 0 Å². The standard InChI is InChI=1S/C24H25N3O3S3.C22H21N3O4S3.C21H23N5OS3.C21H25N5OS3.4CH4/c1-2-3-12-33(30)24-21(25)20-17(14-18(27-23(20)32-24)22-26-9-11-31-22)15-6-4-7-16(13-15)19(29)8-5-10-28;1-2-3-10-32(28)22-19(23)18-15(13-4-6-14(7-5-13)29-12-17(26)27)11-16(25-21(18)31-22)20-24-8-9-30-20;1-3-4-9-30(27)21-17(22)16-13(15-11-24-18(26(15)2)12-5-6-12)10-14(25-20(16)29-21)19-23-7-8-28-19;1-5-6-9-30(27)21-17(22)16-13(15-11-24-18(12(2)3)26(15)4)10-14(25-20(16)29-21)19-23-7-8-28-19;;;;/h4,6-7,9,11,13-14,28H,2-3,5,8,10,12,25H2,1H3;4-9,11H,2-3,10,12,23H2,1H3,(H,26,27);7-8,10-12H,3-6,9,22H2,1-2H3;7-8,10-12H,5-6,9,22H2,1-4H3;4*1H4. The fourth-order valence-electron chi connectivity index (χ4n) is 14.0. The van der Waals surface area contributed by atoms with Gasteiger partial charge in [-0.15, -0.1) is 90.7 Å². The number of aliphatic hydroxyl groups is 1. The van der Waals surface area contributed by atoms with Crippen LogP contribution in [0, 0.1) is 0 Å². The number of aliphatic hydroxyl groups excluding tert-OH is 1. The van der Waals surface area contributed by atoms with Crippen molar-refractivity contribution in [3.05, 3.63) is 149 Å². The Balaban J connectivity index is 0.000000177. The highest BCUT2D eigenvalue weighted by atomic mass is 32.2. The highest BCUT2D eigenvalue weighted by Gasteiger charge is 2.32. The molecule has 0 bridgehead atoms. The number of ketones is 1. The number of imidazole rings is 2.